The van der Waals surface area contributed by atoms with Gasteiger partial charge < -0.3 is 9.88 Å². The normalized spacial score (nSPS) is 11.6. The number of hydrogen-bond acceptors (Lipinski definition) is 5. The summed E-state index contributed by atoms with van der Waals surface area (Å²) < 4.78 is 31.4. The monoisotopic (exact) mass is 649 g/mol. The van der Waals surface area contributed by atoms with Crippen molar-refractivity contribution in [2.45, 2.75) is 32.1 Å². The van der Waals surface area contributed by atoms with Gasteiger partial charge in [0.1, 0.15) is 0 Å². The number of hydrazone groups is 1. The molecule has 42 heavy (non-hydrogen) atoms. The van der Waals surface area contributed by atoms with E-state index in [0.717, 1.165) is 37.0 Å². The second-order valence-electron chi connectivity index (χ2n) is 9.71. The Morgan fingerprint density at radius 2 is 1.64 bits per heavy atom. The second-order valence-corrected chi connectivity index (χ2v) is 12.6. The zero-order valence-corrected chi connectivity index (χ0v) is 25.9. The highest BCUT2D eigenvalue weighted by molar-refractivity contribution is 9.10. The van der Waals surface area contributed by atoms with Gasteiger partial charge in [-0.2, -0.15) is 9.41 Å². The molecule has 9 nitrogen and oxygen atoms in total. The molecule has 0 unspecified atom stereocenters. The largest absolute Gasteiger partial charge is 0.326 e. The van der Waals surface area contributed by atoms with Gasteiger partial charge in [-0.25, -0.2) is 13.8 Å². The Labute approximate surface area is 254 Å². The number of benzene rings is 3. The van der Waals surface area contributed by atoms with Crippen molar-refractivity contribution in [1.82, 2.24) is 14.3 Å². The number of nitrogens with one attached hydrogen (secondary N) is 2. The summed E-state index contributed by atoms with van der Waals surface area (Å²) in [6, 6.07) is 25.2. The zero-order chi connectivity index (χ0) is 30.3. The van der Waals surface area contributed by atoms with E-state index in [9.17, 15) is 18.0 Å². The first-order valence-electron chi connectivity index (χ1n) is 13.2. The summed E-state index contributed by atoms with van der Waals surface area (Å²) >= 11 is 3.46. The average molecular weight is 651 g/mol. The summed E-state index contributed by atoms with van der Waals surface area (Å²) in [5.74, 6) is -0.831. The van der Waals surface area contributed by atoms with E-state index in [4.69, 9.17) is 0 Å². The summed E-state index contributed by atoms with van der Waals surface area (Å²) in [6.45, 7) is 5.00. The lowest BCUT2D eigenvalue weighted by Gasteiger charge is -2.21. The number of sulfonamides is 1. The summed E-state index contributed by atoms with van der Waals surface area (Å²) in [5, 5.41) is 6.74. The number of carbonyl (C=O) groups is 2. The molecule has 2 amide bonds. The van der Waals surface area contributed by atoms with Gasteiger partial charge in [0.15, 0.2) is 0 Å². The van der Waals surface area contributed by atoms with Crippen molar-refractivity contribution in [2.75, 3.05) is 18.4 Å². The van der Waals surface area contributed by atoms with E-state index in [-0.39, 0.29) is 17.3 Å². The topological polar surface area (TPSA) is 113 Å². The number of hydrogen-bond donors (Lipinski definition) is 2. The van der Waals surface area contributed by atoms with Gasteiger partial charge in [-0.3, -0.25) is 9.59 Å². The van der Waals surface area contributed by atoms with Crippen LogP contribution in [-0.4, -0.2) is 48.4 Å². The van der Waals surface area contributed by atoms with Crippen LogP contribution in [0, 0.1) is 13.8 Å². The molecule has 0 saturated carbocycles. The predicted octanol–water partition coefficient (Wildman–Crippen LogP) is 5.20. The summed E-state index contributed by atoms with van der Waals surface area (Å²) in [4.78, 5) is 24.3. The lowest BCUT2D eigenvalue weighted by atomic mass is 10.1. The van der Waals surface area contributed by atoms with Gasteiger partial charge in [0.2, 0.25) is 15.9 Å². The molecular weight excluding hydrogens is 618 g/mol. The molecule has 3 aromatic carbocycles. The van der Waals surface area contributed by atoms with Crippen LogP contribution in [0.5, 0.6) is 0 Å². The highest BCUT2D eigenvalue weighted by atomic mass is 79.9. The van der Waals surface area contributed by atoms with Gasteiger partial charge >= 0.3 is 0 Å². The third-order valence-corrected chi connectivity index (χ3v) is 8.96. The summed E-state index contributed by atoms with van der Waals surface area (Å²) in [7, 11) is -4.03. The number of anilines is 1. The average Bonchev–Trinajstić information content (AvgIpc) is 3.24. The summed E-state index contributed by atoms with van der Waals surface area (Å²) in [6.07, 6.45) is 1.97. The number of rotatable bonds is 11. The molecule has 1 aromatic heterocycles. The van der Waals surface area contributed by atoms with Crippen molar-refractivity contribution < 1.29 is 18.0 Å². The molecule has 0 saturated heterocycles. The lowest BCUT2D eigenvalue weighted by Crippen LogP contribution is -2.40. The van der Waals surface area contributed by atoms with Crippen LogP contribution in [0.2, 0.25) is 0 Å². The second kappa shape index (κ2) is 13.7. The maximum atomic E-state index is 13.6. The Kier molecular flexibility index (Phi) is 10.1. The maximum Gasteiger partial charge on any atom is 0.255 e. The molecule has 2 N–H and O–H groups in total. The minimum absolute atomic E-state index is 0.0151. The van der Waals surface area contributed by atoms with E-state index in [2.05, 4.69) is 36.3 Å². The quantitative estimate of drug-likeness (QED) is 0.172. The molecule has 4 aromatic rings. The fourth-order valence-electron chi connectivity index (χ4n) is 4.52. The predicted molar refractivity (Wildman–Crippen MR) is 168 cm³/mol. The van der Waals surface area contributed by atoms with Gasteiger partial charge in [0.05, 0.1) is 17.7 Å². The highest BCUT2D eigenvalue weighted by Crippen LogP contribution is 2.22. The van der Waals surface area contributed by atoms with E-state index in [0.29, 0.717) is 12.1 Å². The molecule has 0 aliphatic heterocycles. The number of halogens is 1. The molecule has 0 radical (unpaired) electrons. The molecular formula is C31H32BrN5O4S. The zero-order valence-electron chi connectivity index (χ0n) is 23.5. The van der Waals surface area contributed by atoms with E-state index in [1.165, 1.54) is 31.2 Å². The third kappa shape index (κ3) is 7.81. The van der Waals surface area contributed by atoms with E-state index >= 15 is 0 Å². The van der Waals surface area contributed by atoms with Gasteiger partial charge in [-0.15, -0.1) is 0 Å². The van der Waals surface area contributed by atoms with Gasteiger partial charge in [0, 0.05) is 46.3 Å². The number of aromatic nitrogens is 1. The van der Waals surface area contributed by atoms with Crippen LogP contribution >= 0.6 is 15.9 Å². The molecule has 0 aliphatic rings. The van der Waals surface area contributed by atoms with Gasteiger partial charge in [-0.05, 0) is 80.4 Å². The SMILES string of the molecule is CC(=O)Nc1ccc(S(=O)(=O)N(CCc2ccccc2)CC(=O)N/N=C/c2cc(C)n(-c3ccc(Br)cc3)c2C)cc1. The molecule has 1 heterocycles. The molecule has 0 aliphatic carbocycles. The Morgan fingerprint density at radius 3 is 2.29 bits per heavy atom. The van der Waals surface area contributed by atoms with Crippen LogP contribution in [0.3, 0.4) is 0 Å². The Morgan fingerprint density at radius 1 is 0.976 bits per heavy atom. The first-order valence-corrected chi connectivity index (χ1v) is 15.5. The fraction of sp³-hybridized carbons (Fsp3) is 0.194. The minimum Gasteiger partial charge on any atom is -0.326 e. The lowest BCUT2D eigenvalue weighted by molar-refractivity contribution is -0.121. The first kappa shape index (κ1) is 30.9. The van der Waals surface area contributed by atoms with Crippen LogP contribution in [-0.2, 0) is 26.0 Å². The number of nitrogens with zero attached hydrogens (tertiary/aromatic N) is 3. The van der Waals surface area contributed by atoms with Crippen LogP contribution < -0.4 is 10.7 Å². The molecule has 0 fully saturated rings. The highest BCUT2D eigenvalue weighted by Gasteiger charge is 2.26. The van der Waals surface area contributed by atoms with Crippen molar-refractivity contribution in [2.24, 2.45) is 5.10 Å². The molecule has 4 rings (SSSR count). The van der Waals surface area contributed by atoms with E-state index < -0.39 is 22.5 Å². The third-order valence-electron chi connectivity index (χ3n) is 6.57. The smallest absolute Gasteiger partial charge is 0.255 e. The van der Waals surface area contributed by atoms with E-state index in [1.807, 2.05) is 74.5 Å². The maximum absolute atomic E-state index is 13.6. The van der Waals surface area contributed by atoms with E-state index in [1.54, 1.807) is 6.21 Å². The Hall–Kier alpha value is -4.06. The number of aryl methyl sites for hydroxylation is 1. The molecule has 0 spiro atoms. The van der Waals surface area contributed by atoms with Gasteiger partial charge in [0.25, 0.3) is 5.91 Å². The molecule has 0 bridgehead atoms. The fourth-order valence-corrected chi connectivity index (χ4v) is 6.18. The molecule has 218 valence electrons. The van der Waals surface area contributed by atoms with Crippen LogP contribution in [0.4, 0.5) is 5.69 Å². The van der Waals surface area contributed by atoms with Crippen molar-refractivity contribution in [3.8, 4) is 5.69 Å². The Balaban J connectivity index is 1.49. The van der Waals surface area contributed by atoms with Gasteiger partial charge in [-0.1, -0.05) is 46.3 Å². The first-order chi connectivity index (χ1) is 20.0. The van der Waals surface area contributed by atoms with Crippen LogP contribution in [0.25, 0.3) is 5.69 Å². The van der Waals surface area contributed by atoms with Crippen molar-refractivity contribution in [1.29, 1.82) is 0 Å². The molecule has 11 heteroatoms. The number of amides is 2. The van der Waals surface area contributed by atoms with Crippen LogP contribution in [0.15, 0.2) is 99.4 Å². The van der Waals surface area contributed by atoms with Crippen molar-refractivity contribution >= 4 is 49.7 Å². The van der Waals surface area contributed by atoms with Crippen molar-refractivity contribution in [3.05, 3.63) is 112 Å². The molecule has 0 atom stereocenters. The van der Waals surface area contributed by atoms with Crippen LogP contribution in [0.1, 0.15) is 29.4 Å². The minimum atomic E-state index is -4.03. The summed E-state index contributed by atoms with van der Waals surface area (Å²) in [5.41, 5.74) is 7.67. The Bertz CT molecular complexity index is 1680. The van der Waals surface area contributed by atoms with Crippen molar-refractivity contribution in [3.63, 3.8) is 0 Å². The number of carbonyl (C=O) groups excluding carboxylic acids is 2. The standard InChI is InChI=1S/C31H32BrN5O4S/c1-22-19-26(23(2)37(22)29-13-9-27(32)10-14-29)20-33-35-31(39)21-36(18-17-25-7-5-4-6-8-25)42(40,41)30-15-11-28(12-16-30)34-24(3)38/h4-16,19-20H,17-18,21H2,1-3H3,(H,34,38)(H,35,39)/b33-20+.